The number of carbonyl (C=O) groups is 2. The number of methoxy groups -OCH3 is 1. The molecule has 1 rings (SSSR count). The second-order valence-corrected chi connectivity index (χ2v) is 4.40. The average Bonchev–Trinajstić information content (AvgIpc) is 2.43. The lowest BCUT2D eigenvalue weighted by Gasteiger charge is -2.29. The number of morpholine rings is 1. The third-order valence-corrected chi connectivity index (χ3v) is 2.84. The zero-order valence-corrected chi connectivity index (χ0v) is 11.6. The molecule has 1 aliphatic heterocycles. The molecule has 19 heavy (non-hydrogen) atoms. The Hall–Kier alpha value is -1.18. The molecule has 1 unspecified atom stereocenters. The van der Waals surface area contributed by atoms with Crippen molar-refractivity contribution in [2.24, 2.45) is 0 Å². The largest absolute Gasteiger partial charge is 0.383 e. The second kappa shape index (κ2) is 8.84. The predicted molar refractivity (Wildman–Crippen MR) is 69.7 cm³/mol. The molecular weight excluding hydrogens is 250 g/mol. The summed E-state index contributed by atoms with van der Waals surface area (Å²) in [5.74, 6) is -0.251. The van der Waals surface area contributed by atoms with Crippen molar-refractivity contribution in [3.8, 4) is 0 Å². The van der Waals surface area contributed by atoms with Crippen LogP contribution in [0.3, 0.4) is 0 Å². The fourth-order valence-electron chi connectivity index (χ4n) is 1.79. The maximum atomic E-state index is 12.0. The van der Waals surface area contributed by atoms with E-state index >= 15 is 0 Å². The lowest BCUT2D eigenvalue weighted by Crippen LogP contribution is -2.51. The van der Waals surface area contributed by atoms with Crippen molar-refractivity contribution < 1.29 is 19.1 Å². The molecule has 2 N–H and O–H groups in total. The van der Waals surface area contributed by atoms with Crippen LogP contribution >= 0.6 is 0 Å². The van der Waals surface area contributed by atoms with E-state index in [1.165, 1.54) is 0 Å². The summed E-state index contributed by atoms with van der Waals surface area (Å²) in [6.45, 7) is 5.34. The molecule has 0 bridgehead atoms. The summed E-state index contributed by atoms with van der Waals surface area (Å²) in [5, 5.41) is 5.61. The second-order valence-electron chi connectivity index (χ2n) is 4.40. The van der Waals surface area contributed by atoms with Crippen LogP contribution in [-0.4, -0.2) is 75.9 Å². The Morgan fingerprint density at radius 3 is 2.68 bits per heavy atom. The molecule has 110 valence electrons. The number of nitrogens with zero attached hydrogens (tertiary/aromatic N) is 1. The average molecular weight is 273 g/mol. The Kier molecular flexibility index (Phi) is 7.39. The Morgan fingerprint density at radius 2 is 2.05 bits per heavy atom. The number of carbonyl (C=O) groups excluding carboxylic acids is 2. The van der Waals surface area contributed by atoms with Gasteiger partial charge in [0.1, 0.15) is 6.04 Å². The Bertz CT molecular complexity index is 293. The van der Waals surface area contributed by atoms with Crippen molar-refractivity contribution in [3.63, 3.8) is 0 Å². The fraction of sp³-hybridized carbons (Fsp3) is 0.833. The van der Waals surface area contributed by atoms with Crippen molar-refractivity contribution in [3.05, 3.63) is 0 Å². The number of hydrogen-bond donors (Lipinski definition) is 2. The molecule has 0 spiro atoms. The molecule has 1 atom stereocenters. The summed E-state index contributed by atoms with van der Waals surface area (Å²) in [4.78, 5) is 25.3. The van der Waals surface area contributed by atoms with Gasteiger partial charge in [-0.1, -0.05) is 0 Å². The first-order valence-corrected chi connectivity index (χ1v) is 6.50. The maximum Gasteiger partial charge on any atom is 0.245 e. The lowest BCUT2D eigenvalue weighted by atomic mass is 10.2. The molecule has 1 saturated heterocycles. The van der Waals surface area contributed by atoms with E-state index in [1.54, 1.807) is 18.9 Å². The SMILES string of the molecule is COCCNCC(=O)NC(C)C(=O)N1CCOCC1. The van der Waals surface area contributed by atoms with Gasteiger partial charge in [-0.2, -0.15) is 0 Å². The summed E-state index contributed by atoms with van der Waals surface area (Å²) < 4.78 is 10.0. The highest BCUT2D eigenvalue weighted by Gasteiger charge is 2.23. The van der Waals surface area contributed by atoms with E-state index < -0.39 is 6.04 Å². The third-order valence-electron chi connectivity index (χ3n) is 2.84. The maximum absolute atomic E-state index is 12.0. The van der Waals surface area contributed by atoms with Crippen LogP contribution in [0, 0.1) is 0 Å². The van der Waals surface area contributed by atoms with Gasteiger partial charge in [0.2, 0.25) is 11.8 Å². The van der Waals surface area contributed by atoms with Crippen molar-refractivity contribution >= 4 is 11.8 Å². The van der Waals surface area contributed by atoms with Crippen molar-refractivity contribution in [2.45, 2.75) is 13.0 Å². The number of ether oxygens (including phenoxy) is 2. The van der Waals surface area contributed by atoms with Gasteiger partial charge >= 0.3 is 0 Å². The normalized spacial score (nSPS) is 17.1. The Balaban J connectivity index is 2.22. The van der Waals surface area contributed by atoms with Crippen LogP contribution in [0.1, 0.15) is 6.92 Å². The van der Waals surface area contributed by atoms with Crippen LogP contribution in [0.5, 0.6) is 0 Å². The predicted octanol–water partition coefficient (Wildman–Crippen LogP) is -1.41. The molecule has 0 saturated carbocycles. The molecule has 0 aromatic rings. The zero-order valence-electron chi connectivity index (χ0n) is 11.6. The zero-order chi connectivity index (χ0) is 14.1. The fourth-order valence-corrected chi connectivity index (χ4v) is 1.79. The minimum Gasteiger partial charge on any atom is -0.383 e. The first-order valence-electron chi connectivity index (χ1n) is 6.50. The minimum atomic E-state index is -0.505. The molecule has 0 aromatic heterocycles. The van der Waals surface area contributed by atoms with Crippen LogP contribution in [-0.2, 0) is 19.1 Å². The van der Waals surface area contributed by atoms with Gasteiger partial charge < -0.3 is 25.0 Å². The third kappa shape index (κ3) is 6.00. The van der Waals surface area contributed by atoms with Crippen molar-refractivity contribution in [2.75, 3.05) is 53.1 Å². The number of nitrogens with one attached hydrogen (secondary N) is 2. The Morgan fingerprint density at radius 1 is 1.37 bits per heavy atom. The molecule has 1 heterocycles. The van der Waals surface area contributed by atoms with Gasteiger partial charge in [0.15, 0.2) is 0 Å². The van der Waals surface area contributed by atoms with E-state index in [1.807, 2.05) is 0 Å². The molecule has 0 aromatic carbocycles. The Labute approximate surface area is 113 Å². The molecule has 1 fully saturated rings. The van der Waals surface area contributed by atoms with Gasteiger partial charge in [0, 0.05) is 26.7 Å². The topological polar surface area (TPSA) is 79.9 Å². The quantitative estimate of drug-likeness (QED) is 0.557. The minimum absolute atomic E-state index is 0.0615. The highest BCUT2D eigenvalue weighted by atomic mass is 16.5. The van der Waals surface area contributed by atoms with Gasteiger partial charge in [-0.05, 0) is 6.92 Å². The summed E-state index contributed by atoms with van der Waals surface area (Å²) in [5.41, 5.74) is 0. The molecule has 0 radical (unpaired) electrons. The van der Waals surface area contributed by atoms with E-state index in [2.05, 4.69) is 10.6 Å². The molecule has 1 aliphatic rings. The van der Waals surface area contributed by atoms with E-state index in [0.29, 0.717) is 39.5 Å². The molecule has 7 nitrogen and oxygen atoms in total. The summed E-state index contributed by atoms with van der Waals surface area (Å²) in [7, 11) is 1.60. The first kappa shape index (κ1) is 15.9. The number of hydrogen-bond acceptors (Lipinski definition) is 5. The van der Waals surface area contributed by atoms with Gasteiger partial charge in [-0.25, -0.2) is 0 Å². The van der Waals surface area contributed by atoms with E-state index in [4.69, 9.17) is 9.47 Å². The molecule has 0 aliphatic carbocycles. The standard InChI is InChI=1S/C12H23N3O4/c1-10(12(17)15-4-7-19-8-5-15)14-11(16)9-13-3-6-18-2/h10,13H,3-9H2,1-2H3,(H,14,16). The van der Waals surface area contributed by atoms with Crippen LogP contribution in [0.15, 0.2) is 0 Å². The highest BCUT2D eigenvalue weighted by molar-refractivity contribution is 5.88. The molecular formula is C12H23N3O4. The van der Waals surface area contributed by atoms with Crippen LogP contribution in [0.4, 0.5) is 0 Å². The molecule has 7 heteroatoms. The summed E-state index contributed by atoms with van der Waals surface area (Å²) >= 11 is 0. The van der Waals surface area contributed by atoms with Crippen molar-refractivity contribution in [1.29, 1.82) is 0 Å². The van der Waals surface area contributed by atoms with E-state index in [0.717, 1.165) is 0 Å². The highest BCUT2D eigenvalue weighted by Crippen LogP contribution is 2.00. The van der Waals surface area contributed by atoms with Gasteiger partial charge in [0.25, 0.3) is 0 Å². The summed E-state index contributed by atoms with van der Waals surface area (Å²) in [6, 6.07) is -0.505. The van der Waals surface area contributed by atoms with Crippen LogP contribution < -0.4 is 10.6 Å². The van der Waals surface area contributed by atoms with Crippen LogP contribution in [0.2, 0.25) is 0 Å². The smallest absolute Gasteiger partial charge is 0.245 e. The van der Waals surface area contributed by atoms with Gasteiger partial charge in [-0.3, -0.25) is 9.59 Å². The van der Waals surface area contributed by atoms with Crippen molar-refractivity contribution in [1.82, 2.24) is 15.5 Å². The number of rotatable bonds is 7. The number of amides is 2. The van der Waals surface area contributed by atoms with Gasteiger partial charge in [-0.15, -0.1) is 0 Å². The van der Waals surface area contributed by atoms with E-state index in [-0.39, 0.29) is 18.4 Å². The lowest BCUT2D eigenvalue weighted by molar-refractivity contribution is -0.139. The van der Waals surface area contributed by atoms with Gasteiger partial charge in [0.05, 0.1) is 26.4 Å². The first-order chi connectivity index (χ1) is 9.15. The summed E-state index contributed by atoms with van der Waals surface area (Å²) in [6.07, 6.45) is 0. The molecule has 2 amide bonds. The van der Waals surface area contributed by atoms with Crippen LogP contribution in [0.25, 0.3) is 0 Å². The monoisotopic (exact) mass is 273 g/mol. The van der Waals surface area contributed by atoms with E-state index in [9.17, 15) is 9.59 Å².